The summed E-state index contributed by atoms with van der Waals surface area (Å²) >= 11 is 0. The van der Waals surface area contributed by atoms with Gasteiger partial charge in [-0.15, -0.1) is 0 Å². The standard InChI is InChI=1S/C35H52N2O4/c1-7-29-28-12-11-26-22-27(38)14-16-34(26,4)30(28)15-17-35(29,5)33(39)24(3)20-25-10-13-31(32(21-25)40-6)41-19-9-18-37(8-2)23-36/h8,10-11,13,20-21,23,27-30,33,36,38-39H,2,7,9,12,14-19,22H2,1,3-6H3/b24-20+,36-23?. The van der Waals surface area contributed by atoms with E-state index in [2.05, 4.69) is 46.4 Å². The van der Waals surface area contributed by atoms with Gasteiger partial charge < -0.3 is 24.6 Å². The lowest BCUT2D eigenvalue weighted by molar-refractivity contribution is -0.0946. The Labute approximate surface area is 247 Å². The number of hydrogen-bond acceptors (Lipinski definition) is 5. The Kier molecular flexibility index (Phi) is 10.1. The van der Waals surface area contributed by atoms with Gasteiger partial charge in [0.25, 0.3) is 0 Å². The molecule has 226 valence electrons. The van der Waals surface area contributed by atoms with Crippen LogP contribution < -0.4 is 9.47 Å². The summed E-state index contributed by atoms with van der Waals surface area (Å²) in [7, 11) is 1.65. The van der Waals surface area contributed by atoms with Crippen LogP contribution in [0.25, 0.3) is 6.08 Å². The fraction of sp³-hybridized carbons (Fsp3) is 0.629. The van der Waals surface area contributed by atoms with Gasteiger partial charge >= 0.3 is 0 Å². The van der Waals surface area contributed by atoms with E-state index in [-0.39, 0.29) is 16.9 Å². The van der Waals surface area contributed by atoms with Crippen LogP contribution in [0.2, 0.25) is 0 Å². The van der Waals surface area contributed by atoms with E-state index in [0.717, 1.165) is 62.5 Å². The van der Waals surface area contributed by atoms with Crippen molar-refractivity contribution in [2.45, 2.75) is 91.3 Å². The summed E-state index contributed by atoms with van der Waals surface area (Å²) in [6.07, 6.45) is 14.6. The number of benzene rings is 1. The molecule has 1 aromatic carbocycles. The van der Waals surface area contributed by atoms with Crippen molar-refractivity contribution in [3.63, 3.8) is 0 Å². The number of methoxy groups -OCH3 is 1. The Hall–Kier alpha value is -2.57. The molecule has 7 atom stereocenters. The second kappa shape index (κ2) is 13.2. The van der Waals surface area contributed by atoms with Crippen molar-refractivity contribution in [1.29, 1.82) is 5.41 Å². The lowest BCUT2D eigenvalue weighted by atomic mass is 9.46. The molecule has 6 heteroatoms. The minimum absolute atomic E-state index is 0.184. The van der Waals surface area contributed by atoms with Crippen LogP contribution in [0.5, 0.6) is 11.5 Å². The Bertz CT molecular complexity index is 1140. The van der Waals surface area contributed by atoms with E-state index in [1.807, 2.05) is 18.2 Å². The third-order valence-electron chi connectivity index (χ3n) is 10.8. The first-order valence-electron chi connectivity index (χ1n) is 15.5. The van der Waals surface area contributed by atoms with Gasteiger partial charge in [-0.3, -0.25) is 5.41 Å². The number of fused-ring (bicyclic) bond motifs is 3. The predicted molar refractivity (Wildman–Crippen MR) is 167 cm³/mol. The second-order valence-electron chi connectivity index (χ2n) is 13.1. The van der Waals surface area contributed by atoms with E-state index in [9.17, 15) is 10.2 Å². The van der Waals surface area contributed by atoms with E-state index in [1.54, 1.807) is 18.2 Å². The van der Waals surface area contributed by atoms with Gasteiger partial charge in [0.05, 0.1) is 32.3 Å². The van der Waals surface area contributed by atoms with Crippen LogP contribution in [0.1, 0.15) is 84.6 Å². The van der Waals surface area contributed by atoms with Gasteiger partial charge in [0, 0.05) is 12.0 Å². The van der Waals surface area contributed by atoms with Crippen LogP contribution in [0.4, 0.5) is 0 Å². The first kappa shape index (κ1) is 31.4. The molecule has 0 bridgehead atoms. The molecule has 1 aromatic rings. The molecule has 0 aliphatic heterocycles. The monoisotopic (exact) mass is 564 g/mol. The number of ether oxygens (including phenoxy) is 2. The zero-order valence-corrected chi connectivity index (χ0v) is 25.9. The predicted octanol–water partition coefficient (Wildman–Crippen LogP) is 7.22. The van der Waals surface area contributed by atoms with Gasteiger partial charge in [-0.2, -0.15) is 0 Å². The van der Waals surface area contributed by atoms with Crippen molar-refractivity contribution in [3.05, 3.63) is 53.8 Å². The molecule has 4 rings (SSSR count). The van der Waals surface area contributed by atoms with E-state index < -0.39 is 6.10 Å². The molecule has 7 unspecified atom stereocenters. The summed E-state index contributed by atoms with van der Waals surface area (Å²) in [5, 5.41) is 29.6. The number of rotatable bonds is 12. The van der Waals surface area contributed by atoms with Crippen molar-refractivity contribution in [2.75, 3.05) is 20.3 Å². The van der Waals surface area contributed by atoms with Gasteiger partial charge in [0.1, 0.15) is 0 Å². The lowest BCUT2D eigenvalue weighted by Gasteiger charge is -2.59. The second-order valence-corrected chi connectivity index (χ2v) is 13.1. The Balaban J connectivity index is 1.48. The third-order valence-corrected chi connectivity index (χ3v) is 10.8. The first-order valence-corrected chi connectivity index (χ1v) is 15.5. The molecule has 2 saturated carbocycles. The maximum Gasteiger partial charge on any atom is 0.161 e. The van der Waals surface area contributed by atoms with Crippen LogP contribution in [-0.4, -0.2) is 53.9 Å². The van der Waals surface area contributed by atoms with E-state index in [1.165, 1.54) is 11.9 Å². The number of hydrogen-bond donors (Lipinski definition) is 3. The molecule has 0 heterocycles. The van der Waals surface area contributed by atoms with E-state index in [4.69, 9.17) is 14.9 Å². The van der Waals surface area contributed by atoms with E-state index in [0.29, 0.717) is 42.4 Å². The molecule has 2 fully saturated rings. The normalized spacial score (nSPS) is 32.2. The molecule has 0 aromatic heterocycles. The molecule has 0 amide bonds. The Morgan fingerprint density at radius 2 is 2.02 bits per heavy atom. The van der Waals surface area contributed by atoms with Gasteiger partial charge in [-0.25, -0.2) is 0 Å². The van der Waals surface area contributed by atoms with Crippen molar-refractivity contribution in [2.24, 2.45) is 28.6 Å². The molecule has 6 nitrogen and oxygen atoms in total. The zero-order valence-electron chi connectivity index (χ0n) is 25.9. The Morgan fingerprint density at radius 1 is 1.24 bits per heavy atom. The lowest BCUT2D eigenvalue weighted by Crippen LogP contribution is -2.54. The van der Waals surface area contributed by atoms with Crippen LogP contribution >= 0.6 is 0 Å². The first-order chi connectivity index (χ1) is 19.6. The fourth-order valence-electron chi connectivity index (χ4n) is 8.49. The van der Waals surface area contributed by atoms with Crippen molar-refractivity contribution >= 4 is 12.4 Å². The minimum Gasteiger partial charge on any atom is -0.493 e. The highest BCUT2D eigenvalue weighted by atomic mass is 16.5. The van der Waals surface area contributed by atoms with E-state index >= 15 is 0 Å². The summed E-state index contributed by atoms with van der Waals surface area (Å²) in [6.45, 7) is 14.0. The van der Waals surface area contributed by atoms with Gasteiger partial charge in [0.15, 0.2) is 11.5 Å². The molecular formula is C35H52N2O4. The number of nitrogens with zero attached hydrogens (tertiary/aromatic N) is 1. The van der Waals surface area contributed by atoms with Crippen molar-refractivity contribution in [3.8, 4) is 11.5 Å². The molecule has 0 spiro atoms. The Morgan fingerprint density at radius 3 is 2.71 bits per heavy atom. The third kappa shape index (κ3) is 6.29. The smallest absolute Gasteiger partial charge is 0.161 e. The zero-order chi connectivity index (χ0) is 29.8. The van der Waals surface area contributed by atoms with Crippen LogP contribution in [0, 0.1) is 34.0 Å². The molecular weight excluding hydrogens is 512 g/mol. The molecule has 3 aliphatic rings. The molecule has 0 saturated heterocycles. The molecule has 0 radical (unpaired) electrons. The summed E-state index contributed by atoms with van der Waals surface area (Å²) in [5.74, 6) is 3.00. The highest BCUT2D eigenvalue weighted by Gasteiger charge is 2.56. The molecule has 3 N–H and O–H groups in total. The number of allylic oxidation sites excluding steroid dienone is 1. The van der Waals surface area contributed by atoms with Gasteiger partial charge in [0.2, 0.25) is 0 Å². The maximum absolute atomic E-state index is 11.9. The van der Waals surface area contributed by atoms with Gasteiger partial charge in [-0.1, -0.05) is 57.6 Å². The van der Waals surface area contributed by atoms with Crippen LogP contribution in [0.15, 0.2) is 48.2 Å². The van der Waals surface area contributed by atoms with Crippen LogP contribution in [-0.2, 0) is 0 Å². The van der Waals surface area contributed by atoms with Crippen molar-refractivity contribution in [1.82, 2.24) is 4.90 Å². The highest BCUT2D eigenvalue weighted by molar-refractivity contribution is 5.58. The largest absolute Gasteiger partial charge is 0.493 e. The summed E-state index contributed by atoms with van der Waals surface area (Å²) in [5.41, 5.74) is 3.46. The summed E-state index contributed by atoms with van der Waals surface area (Å²) in [4.78, 5) is 1.71. The van der Waals surface area contributed by atoms with Gasteiger partial charge in [-0.05, 0) is 105 Å². The minimum atomic E-state index is -0.525. The average molecular weight is 565 g/mol. The molecule has 3 aliphatic carbocycles. The SMILES string of the molecule is C=CN(C=N)CCCOc1ccc(/C=C(\C)C(O)C2(C)CCC3C(CC=C4CC(O)CCC43C)C2CC)cc1OC. The fourth-order valence-corrected chi connectivity index (χ4v) is 8.49. The topological polar surface area (TPSA) is 86.0 Å². The van der Waals surface area contributed by atoms with Crippen molar-refractivity contribution < 1.29 is 19.7 Å². The number of aliphatic hydroxyl groups is 2. The average Bonchev–Trinajstić information content (AvgIpc) is 2.97. The summed E-state index contributed by atoms with van der Waals surface area (Å²) in [6, 6.07) is 5.92. The van der Waals surface area contributed by atoms with Crippen LogP contribution in [0.3, 0.4) is 0 Å². The molecule has 41 heavy (non-hydrogen) atoms. The number of aliphatic hydroxyl groups excluding tert-OH is 2. The number of nitrogens with one attached hydrogen (secondary N) is 1. The summed E-state index contributed by atoms with van der Waals surface area (Å²) < 4.78 is 11.6. The quantitative estimate of drug-likeness (QED) is 0.108. The maximum atomic E-state index is 11.9. The highest BCUT2D eigenvalue weighted by Crippen LogP contribution is 2.62.